The topological polar surface area (TPSA) is 38.3 Å². The van der Waals surface area contributed by atoms with Crippen molar-refractivity contribution in [3.8, 4) is 0 Å². The van der Waals surface area contributed by atoms with Crippen molar-refractivity contribution in [1.29, 1.82) is 0 Å². The summed E-state index contributed by atoms with van der Waals surface area (Å²) in [7, 11) is 0. The van der Waals surface area contributed by atoms with E-state index in [2.05, 4.69) is 5.32 Å². The maximum Gasteiger partial charge on any atom is 0.416 e. The molecule has 2 atom stereocenters. The van der Waals surface area contributed by atoms with E-state index in [1.165, 1.54) is 0 Å². The Bertz CT molecular complexity index is 516. The van der Waals surface area contributed by atoms with Crippen LogP contribution in [0.3, 0.4) is 0 Å². The third-order valence-electron chi connectivity index (χ3n) is 3.23. The first-order valence-electron chi connectivity index (χ1n) is 6.08. The third kappa shape index (κ3) is 3.09. The molecule has 2 rings (SSSR count). The van der Waals surface area contributed by atoms with Crippen LogP contribution in [0.2, 0.25) is 0 Å². The summed E-state index contributed by atoms with van der Waals surface area (Å²) in [6.07, 6.45) is -4.31. The second kappa shape index (κ2) is 5.40. The molecular weight excluding hydrogens is 278 g/mol. The number of alkyl halides is 3. The van der Waals surface area contributed by atoms with Gasteiger partial charge in [0.25, 0.3) is 5.91 Å². The molecule has 0 bridgehead atoms. The molecule has 20 heavy (non-hydrogen) atoms. The number of carbonyl (C=O) groups excluding carboxylic acids is 1. The minimum atomic E-state index is -4.62. The van der Waals surface area contributed by atoms with Crippen molar-refractivity contribution in [2.24, 2.45) is 0 Å². The van der Waals surface area contributed by atoms with Crippen molar-refractivity contribution in [3.63, 3.8) is 0 Å². The zero-order valence-electron chi connectivity index (χ0n) is 10.6. The number of halogens is 4. The van der Waals surface area contributed by atoms with Crippen molar-refractivity contribution >= 4 is 5.91 Å². The number of nitrogens with one attached hydrogen (secondary N) is 1. The molecule has 3 nitrogen and oxygen atoms in total. The second-order valence-corrected chi connectivity index (χ2v) is 4.64. The van der Waals surface area contributed by atoms with Crippen molar-refractivity contribution in [2.75, 3.05) is 6.61 Å². The highest BCUT2D eigenvalue weighted by atomic mass is 19.4. The number of ether oxygens (including phenoxy) is 1. The van der Waals surface area contributed by atoms with Crippen molar-refractivity contribution in [3.05, 3.63) is 35.1 Å². The van der Waals surface area contributed by atoms with E-state index in [0.717, 1.165) is 0 Å². The van der Waals surface area contributed by atoms with Gasteiger partial charge in [-0.3, -0.25) is 4.79 Å². The fourth-order valence-electron chi connectivity index (χ4n) is 2.04. The number of hydrogen-bond acceptors (Lipinski definition) is 2. The first kappa shape index (κ1) is 14.8. The number of benzene rings is 1. The molecule has 0 aliphatic carbocycles. The van der Waals surface area contributed by atoms with Gasteiger partial charge >= 0.3 is 6.18 Å². The van der Waals surface area contributed by atoms with E-state index in [1.807, 2.05) is 0 Å². The predicted octanol–water partition coefficient (Wildman–Crippen LogP) is 2.75. The lowest BCUT2D eigenvalue weighted by Gasteiger charge is -2.17. The van der Waals surface area contributed by atoms with Gasteiger partial charge in [-0.1, -0.05) is 0 Å². The molecule has 1 aromatic rings. The Morgan fingerprint density at radius 2 is 2.10 bits per heavy atom. The molecule has 1 amide bonds. The third-order valence-corrected chi connectivity index (χ3v) is 3.23. The van der Waals surface area contributed by atoms with E-state index in [-0.39, 0.29) is 12.1 Å². The molecule has 2 unspecified atom stereocenters. The summed E-state index contributed by atoms with van der Waals surface area (Å²) < 4.78 is 56.4. The average molecular weight is 291 g/mol. The molecule has 0 aromatic heterocycles. The van der Waals surface area contributed by atoms with Crippen LogP contribution in [0.25, 0.3) is 0 Å². The average Bonchev–Trinajstić information content (AvgIpc) is 2.74. The van der Waals surface area contributed by atoms with Gasteiger partial charge in [-0.25, -0.2) is 4.39 Å². The van der Waals surface area contributed by atoms with E-state index in [9.17, 15) is 22.4 Å². The molecule has 7 heteroatoms. The number of carbonyl (C=O) groups is 1. The van der Waals surface area contributed by atoms with Crippen LogP contribution < -0.4 is 5.32 Å². The summed E-state index contributed by atoms with van der Waals surface area (Å²) in [5.41, 5.74) is -1.67. The van der Waals surface area contributed by atoms with Gasteiger partial charge in [0.05, 0.1) is 23.3 Å². The lowest BCUT2D eigenvalue weighted by molar-refractivity contribution is -0.137. The molecule has 1 N–H and O–H groups in total. The van der Waals surface area contributed by atoms with E-state index >= 15 is 0 Å². The largest absolute Gasteiger partial charge is 0.416 e. The van der Waals surface area contributed by atoms with Gasteiger partial charge in [0.15, 0.2) is 0 Å². The van der Waals surface area contributed by atoms with Crippen molar-refractivity contribution in [1.82, 2.24) is 5.32 Å². The Morgan fingerprint density at radius 3 is 2.65 bits per heavy atom. The van der Waals surface area contributed by atoms with Crippen LogP contribution in [0, 0.1) is 5.82 Å². The lowest BCUT2D eigenvalue weighted by Crippen LogP contribution is -2.39. The molecule has 1 saturated heterocycles. The van der Waals surface area contributed by atoms with Gasteiger partial charge in [-0.05, 0) is 31.5 Å². The lowest BCUT2D eigenvalue weighted by atomic mass is 10.1. The summed E-state index contributed by atoms with van der Waals surface area (Å²) in [4.78, 5) is 11.9. The molecule has 1 heterocycles. The normalized spacial score (nSPS) is 22.9. The maximum atomic E-state index is 13.5. The maximum absolute atomic E-state index is 13.5. The van der Waals surface area contributed by atoms with Crippen LogP contribution in [0.5, 0.6) is 0 Å². The Balaban J connectivity index is 2.20. The van der Waals surface area contributed by atoms with Gasteiger partial charge < -0.3 is 10.1 Å². The molecule has 0 radical (unpaired) electrons. The number of hydrogen-bond donors (Lipinski definition) is 1. The van der Waals surface area contributed by atoms with E-state index in [1.54, 1.807) is 6.92 Å². The Hall–Kier alpha value is -1.63. The summed E-state index contributed by atoms with van der Waals surface area (Å²) in [6, 6.07) is 1.45. The van der Waals surface area contributed by atoms with Gasteiger partial charge in [0, 0.05) is 6.61 Å². The summed E-state index contributed by atoms with van der Waals surface area (Å²) >= 11 is 0. The molecule has 1 fully saturated rings. The minimum absolute atomic E-state index is 0.243. The number of amides is 1. The van der Waals surface area contributed by atoms with Crippen LogP contribution in [0.4, 0.5) is 17.6 Å². The van der Waals surface area contributed by atoms with Crippen molar-refractivity contribution in [2.45, 2.75) is 31.7 Å². The quantitative estimate of drug-likeness (QED) is 0.851. The van der Waals surface area contributed by atoms with Gasteiger partial charge in [-0.2, -0.15) is 13.2 Å². The summed E-state index contributed by atoms with van der Waals surface area (Å²) in [5, 5.41) is 2.49. The molecule has 1 aromatic carbocycles. The van der Waals surface area contributed by atoms with Crippen molar-refractivity contribution < 1.29 is 27.1 Å². The fourth-order valence-corrected chi connectivity index (χ4v) is 2.04. The standard InChI is InChI=1S/C13H13F4NO2/c1-7-11(4-5-20-7)18-12(19)9-6-8(13(15,16)17)2-3-10(9)14/h2-3,6-7,11H,4-5H2,1H3,(H,18,19). The molecule has 0 spiro atoms. The zero-order chi connectivity index (χ0) is 14.9. The smallest absolute Gasteiger partial charge is 0.376 e. The predicted molar refractivity (Wildman–Crippen MR) is 62.7 cm³/mol. The van der Waals surface area contributed by atoms with E-state index in [4.69, 9.17) is 4.74 Å². The number of rotatable bonds is 2. The molecule has 1 aliphatic rings. The Morgan fingerprint density at radius 1 is 1.40 bits per heavy atom. The fraction of sp³-hybridized carbons (Fsp3) is 0.462. The Kier molecular flexibility index (Phi) is 3.99. The SMILES string of the molecule is CC1OCCC1NC(=O)c1cc(C(F)(F)F)ccc1F. The molecule has 110 valence electrons. The van der Waals surface area contributed by atoms with E-state index in [0.29, 0.717) is 31.2 Å². The van der Waals surface area contributed by atoms with E-state index < -0.39 is 29.0 Å². The van der Waals surface area contributed by atoms with Crippen LogP contribution >= 0.6 is 0 Å². The second-order valence-electron chi connectivity index (χ2n) is 4.64. The summed E-state index contributed by atoms with van der Waals surface area (Å²) in [6.45, 7) is 2.19. The molecule has 1 aliphatic heterocycles. The first-order valence-corrected chi connectivity index (χ1v) is 6.08. The van der Waals surface area contributed by atoms with Crippen LogP contribution in [-0.2, 0) is 10.9 Å². The highest BCUT2D eigenvalue weighted by Crippen LogP contribution is 2.30. The minimum Gasteiger partial charge on any atom is -0.376 e. The van der Waals surface area contributed by atoms with Crippen LogP contribution in [-0.4, -0.2) is 24.7 Å². The highest BCUT2D eigenvalue weighted by molar-refractivity contribution is 5.95. The van der Waals surface area contributed by atoms with Crippen LogP contribution in [0.15, 0.2) is 18.2 Å². The monoisotopic (exact) mass is 291 g/mol. The van der Waals surface area contributed by atoms with Gasteiger partial charge in [0.2, 0.25) is 0 Å². The van der Waals surface area contributed by atoms with Crippen LogP contribution in [0.1, 0.15) is 29.3 Å². The summed E-state index contributed by atoms with van der Waals surface area (Å²) in [5.74, 6) is -1.85. The highest BCUT2D eigenvalue weighted by Gasteiger charge is 2.33. The van der Waals surface area contributed by atoms with Gasteiger partial charge in [0.1, 0.15) is 5.82 Å². The molecule has 0 saturated carbocycles. The Labute approximate surface area is 112 Å². The first-order chi connectivity index (χ1) is 9.29. The zero-order valence-corrected chi connectivity index (χ0v) is 10.6. The molecular formula is C13H13F4NO2. The van der Waals surface area contributed by atoms with Gasteiger partial charge in [-0.15, -0.1) is 0 Å².